The van der Waals surface area contributed by atoms with Crippen molar-refractivity contribution in [3.8, 4) is 0 Å². The summed E-state index contributed by atoms with van der Waals surface area (Å²) in [5.41, 5.74) is -0.909. The van der Waals surface area contributed by atoms with Gasteiger partial charge in [-0.25, -0.2) is 4.79 Å². The molecule has 0 amide bonds. The van der Waals surface area contributed by atoms with Crippen LogP contribution in [0.25, 0.3) is 0 Å². The molecule has 6 nitrogen and oxygen atoms in total. The van der Waals surface area contributed by atoms with Gasteiger partial charge in [-0.3, -0.25) is 14.3 Å². The number of nitrogens with one attached hydrogen (secondary N) is 1. The first-order valence-electron chi connectivity index (χ1n) is 5.19. The third-order valence-corrected chi connectivity index (χ3v) is 2.78. The minimum Gasteiger partial charge on any atom is -0.394 e. The van der Waals surface area contributed by atoms with Crippen LogP contribution in [-0.4, -0.2) is 27.4 Å². The monoisotopic (exact) mass is 226 g/mol. The van der Waals surface area contributed by atoms with E-state index in [1.165, 1.54) is 16.8 Å². The molecular formula is C10H14N2O4. The number of aliphatic hydroxyl groups is 1. The Morgan fingerprint density at radius 1 is 1.62 bits per heavy atom. The van der Waals surface area contributed by atoms with E-state index in [1.807, 2.05) is 6.92 Å². The first kappa shape index (κ1) is 11.1. The molecule has 0 bridgehead atoms. The molecule has 2 heterocycles. The van der Waals surface area contributed by atoms with Crippen LogP contribution in [0, 0.1) is 5.92 Å². The van der Waals surface area contributed by atoms with E-state index in [2.05, 4.69) is 4.98 Å². The van der Waals surface area contributed by atoms with Crippen molar-refractivity contribution in [3.63, 3.8) is 0 Å². The van der Waals surface area contributed by atoms with E-state index < -0.39 is 17.5 Å². The fourth-order valence-electron chi connectivity index (χ4n) is 2.00. The molecule has 1 fully saturated rings. The molecule has 88 valence electrons. The summed E-state index contributed by atoms with van der Waals surface area (Å²) in [5.74, 6) is 0.126. The number of aromatic amines is 1. The number of aromatic nitrogens is 2. The zero-order valence-electron chi connectivity index (χ0n) is 8.92. The van der Waals surface area contributed by atoms with Crippen LogP contribution >= 0.6 is 0 Å². The molecule has 0 radical (unpaired) electrons. The molecule has 16 heavy (non-hydrogen) atoms. The number of hydrogen-bond acceptors (Lipinski definition) is 4. The molecular weight excluding hydrogens is 212 g/mol. The van der Waals surface area contributed by atoms with Crippen LogP contribution in [0.2, 0.25) is 0 Å². The smallest absolute Gasteiger partial charge is 0.330 e. The maximum Gasteiger partial charge on any atom is 0.330 e. The maximum atomic E-state index is 11.5. The molecule has 1 aromatic heterocycles. The van der Waals surface area contributed by atoms with E-state index in [0.717, 1.165) is 0 Å². The minimum absolute atomic E-state index is 0.0566. The van der Waals surface area contributed by atoms with E-state index in [9.17, 15) is 9.59 Å². The summed E-state index contributed by atoms with van der Waals surface area (Å²) in [6.45, 7) is 1.89. The zero-order chi connectivity index (χ0) is 11.7. The molecule has 2 N–H and O–H groups in total. The van der Waals surface area contributed by atoms with Crippen molar-refractivity contribution >= 4 is 0 Å². The van der Waals surface area contributed by atoms with E-state index in [1.54, 1.807) is 0 Å². The molecule has 0 saturated carbocycles. The van der Waals surface area contributed by atoms with E-state index in [4.69, 9.17) is 9.84 Å². The van der Waals surface area contributed by atoms with Crippen LogP contribution in [0.15, 0.2) is 21.9 Å². The van der Waals surface area contributed by atoms with Crippen molar-refractivity contribution in [2.24, 2.45) is 5.92 Å². The largest absolute Gasteiger partial charge is 0.394 e. The van der Waals surface area contributed by atoms with Gasteiger partial charge in [-0.05, 0) is 6.42 Å². The van der Waals surface area contributed by atoms with Crippen molar-refractivity contribution < 1.29 is 9.84 Å². The van der Waals surface area contributed by atoms with Gasteiger partial charge in [-0.2, -0.15) is 0 Å². The van der Waals surface area contributed by atoms with Crippen LogP contribution in [0.4, 0.5) is 0 Å². The summed E-state index contributed by atoms with van der Waals surface area (Å²) in [6.07, 6.45) is 1.47. The summed E-state index contributed by atoms with van der Waals surface area (Å²) in [7, 11) is 0. The van der Waals surface area contributed by atoms with Gasteiger partial charge in [0.05, 0.1) is 12.7 Å². The second-order valence-corrected chi connectivity index (χ2v) is 4.06. The molecule has 1 saturated heterocycles. The molecule has 1 aliphatic heterocycles. The predicted molar refractivity (Wildman–Crippen MR) is 56.1 cm³/mol. The lowest BCUT2D eigenvalue weighted by atomic mass is 10.1. The molecule has 6 heteroatoms. The number of H-pyrrole nitrogens is 1. The second-order valence-electron chi connectivity index (χ2n) is 4.06. The van der Waals surface area contributed by atoms with Crippen molar-refractivity contribution in [2.45, 2.75) is 25.7 Å². The number of ether oxygens (including phenoxy) is 1. The lowest BCUT2D eigenvalue weighted by molar-refractivity contribution is -0.0336. The topological polar surface area (TPSA) is 84.3 Å². The van der Waals surface area contributed by atoms with Crippen LogP contribution < -0.4 is 11.2 Å². The molecule has 0 aliphatic carbocycles. The summed E-state index contributed by atoms with van der Waals surface area (Å²) in [6, 6.07) is 1.28. The van der Waals surface area contributed by atoms with Gasteiger partial charge in [0.1, 0.15) is 6.23 Å². The highest BCUT2D eigenvalue weighted by atomic mass is 16.5. The number of hydrogen-bond donors (Lipinski definition) is 2. The van der Waals surface area contributed by atoms with Crippen molar-refractivity contribution in [3.05, 3.63) is 33.1 Å². The fourth-order valence-corrected chi connectivity index (χ4v) is 2.00. The van der Waals surface area contributed by atoms with E-state index in [0.29, 0.717) is 6.42 Å². The van der Waals surface area contributed by atoms with Crippen LogP contribution in [0.5, 0.6) is 0 Å². The van der Waals surface area contributed by atoms with Crippen LogP contribution in [-0.2, 0) is 4.74 Å². The van der Waals surface area contributed by atoms with Crippen molar-refractivity contribution in [1.82, 2.24) is 9.55 Å². The summed E-state index contributed by atoms with van der Waals surface area (Å²) >= 11 is 0. The molecule has 1 aromatic rings. The number of aliphatic hydroxyl groups excluding tert-OH is 1. The Morgan fingerprint density at radius 3 is 2.94 bits per heavy atom. The fraction of sp³-hybridized carbons (Fsp3) is 0.600. The number of rotatable bonds is 2. The van der Waals surface area contributed by atoms with Crippen LogP contribution in [0.1, 0.15) is 19.6 Å². The van der Waals surface area contributed by atoms with Gasteiger partial charge >= 0.3 is 5.69 Å². The van der Waals surface area contributed by atoms with Gasteiger partial charge in [0.25, 0.3) is 5.56 Å². The molecule has 0 aromatic carbocycles. The summed E-state index contributed by atoms with van der Waals surface area (Å²) in [5, 5.41) is 8.99. The Hall–Kier alpha value is -1.40. The Bertz CT molecular complexity index is 478. The van der Waals surface area contributed by atoms with Gasteiger partial charge in [-0.15, -0.1) is 0 Å². The maximum absolute atomic E-state index is 11.5. The average molecular weight is 226 g/mol. The zero-order valence-corrected chi connectivity index (χ0v) is 8.92. The Morgan fingerprint density at radius 2 is 2.38 bits per heavy atom. The highest BCUT2D eigenvalue weighted by Crippen LogP contribution is 2.32. The molecule has 0 spiro atoms. The van der Waals surface area contributed by atoms with Gasteiger partial charge in [0.2, 0.25) is 0 Å². The van der Waals surface area contributed by atoms with Gasteiger partial charge < -0.3 is 9.84 Å². The van der Waals surface area contributed by atoms with Gasteiger partial charge in [0.15, 0.2) is 0 Å². The highest BCUT2D eigenvalue weighted by molar-refractivity contribution is 4.87. The minimum atomic E-state index is -0.483. The Balaban J connectivity index is 2.31. The Kier molecular flexibility index (Phi) is 2.93. The van der Waals surface area contributed by atoms with Crippen molar-refractivity contribution in [1.29, 1.82) is 0 Å². The van der Waals surface area contributed by atoms with Gasteiger partial charge in [-0.1, -0.05) is 6.92 Å². The first-order valence-corrected chi connectivity index (χ1v) is 5.19. The third kappa shape index (κ3) is 1.94. The molecule has 3 atom stereocenters. The molecule has 1 aliphatic rings. The van der Waals surface area contributed by atoms with Crippen molar-refractivity contribution in [2.75, 3.05) is 6.61 Å². The second kappa shape index (κ2) is 4.23. The van der Waals surface area contributed by atoms with E-state index >= 15 is 0 Å². The molecule has 2 unspecified atom stereocenters. The van der Waals surface area contributed by atoms with Gasteiger partial charge in [0, 0.05) is 18.2 Å². The standard InChI is InChI=1S/C10H14N2O4/c1-6-4-7(5-13)16-9(6)12-3-2-8(14)11-10(12)15/h2-3,6-7,9,13H,4-5H2,1H3,(H,11,14,15)/t6?,7-,9?/m0/s1. The summed E-state index contributed by atoms with van der Waals surface area (Å²) in [4.78, 5) is 24.6. The van der Waals surface area contributed by atoms with E-state index in [-0.39, 0.29) is 18.6 Å². The summed E-state index contributed by atoms with van der Waals surface area (Å²) < 4.78 is 6.87. The average Bonchev–Trinajstić information content (AvgIpc) is 2.60. The third-order valence-electron chi connectivity index (χ3n) is 2.78. The predicted octanol–water partition coefficient (Wildman–Crippen LogP) is -0.547. The Labute approximate surface area is 91.5 Å². The molecule has 2 rings (SSSR count). The normalized spacial score (nSPS) is 29.5. The SMILES string of the molecule is CC1C[C@@H](CO)OC1n1ccc(=O)[nH]c1=O. The lowest BCUT2D eigenvalue weighted by Gasteiger charge is -2.17. The number of nitrogens with zero attached hydrogens (tertiary/aromatic N) is 1. The highest BCUT2D eigenvalue weighted by Gasteiger charge is 2.33. The quantitative estimate of drug-likeness (QED) is 0.708. The van der Waals surface area contributed by atoms with Crippen LogP contribution in [0.3, 0.4) is 0 Å². The lowest BCUT2D eigenvalue weighted by Crippen LogP contribution is -2.33. The first-order chi connectivity index (χ1) is 7.61.